The van der Waals surface area contributed by atoms with E-state index in [1.165, 1.54) is 6.20 Å². The molecule has 224 valence electrons. The number of benzene rings is 2. The van der Waals surface area contributed by atoms with Crippen LogP contribution in [0.3, 0.4) is 0 Å². The van der Waals surface area contributed by atoms with Gasteiger partial charge in [0.15, 0.2) is 5.65 Å². The van der Waals surface area contributed by atoms with Crippen molar-refractivity contribution in [2.24, 2.45) is 0 Å². The largest absolute Gasteiger partial charge is 0.457 e. The minimum atomic E-state index is -0.605. The van der Waals surface area contributed by atoms with Crippen molar-refractivity contribution in [3.63, 3.8) is 0 Å². The van der Waals surface area contributed by atoms with Gasteiger partial charge in [-0.15, -0.1) is 0 Å². The zero-order valence-corrected chi connectivity index (χ0v) is 24.8. The smallest absolute Gasteiger partial charge is 0.412 e. The number of anilines is 3. The second kappa shape index (κ2) is 11.6. The number of rotatable bonds is 8. The van der Waals surface area contributed by atoms with Crippen LogP contribution in [0.2, 0.25) is 0 Å². The van der Waals surface area contributed by atoms with Crippen LogP contribution in [-0.2, 0) is 4.74 Å². The van der Waals surface area contributed by atoms with E-state index in [1.54, 1.807) is 37.5 Å². The van der Waals surface area contributed by atoms with Crippen LogP contribution in [0, 0.1) is 0 Å². The fourth-order valence-corrected chi connectivity index (χ4v) is 4.56. The normalized spacial score (nSPS) is 12.9. The predicted octanol–water partition coefficient (Wildman–Crippen LogP) is 6.33. The summed E-state index contributed by atoms with van der Waals surface area (Å²) in [6.07, 6.45) is 4.82. The molecule has 0 atom stereocenters. The summed E-state index contributed by atoms with van der Waals surface area (Å²) in [7, 11) is 1.55. The van der Waals surface area contributed by atoms with Crippen LogP contribution >= 0.6 is 0 Å². The number of amides is 2. The van der Waals surface area contributed by atoms with E-state index in [1.807, 2.05) is 61.7 Å². The number of imidazole rings is 1. The van der Waals surface area contributed by atoms with Crippen molar-refractivity contribution in [1.29, 1.82) is 0 Å². The Hall–Kier alpha value is -5.52. The van der Waals surface area contributed by atoms with Gasteiger partial charge in [0, 0.05) is 36.6 Å². The van der Waals surface area contributed by atoms with Crippen LogP contribution in [0.1, 0.15) is 55.8 Å². The molecule has 3 N–H and O–H groups in total. The van der Waals surface area contributed by atoms with Gasteiger partial charge in [-0.05, 0) is 82.1 Å². The minimum Gasteiger partial charge on any atom is -0.457 e. The Kier molecular flexibility index (Phi) is 7.56. The van der Waals surface area contributed by atoms with Gasteiger partial charge in [0.25, 0.3) is 5.91 Å². The molecule has 0 unspecified atom stereocenters. The first-order chi connectivity index (χ1) is 21.1. The van der Waals surface area contributed by atoms with Gasteiger partial charge >= 0.3 is 6.09 Å². The molecule has 0 radical (unpaired) electrons. The van der Waals surface area contributed by atoms with E-state index < -0.39 is 11.7 Å². The van der Waals surface area contributed by atoms with Crippen LogP contribution in [0.25, 0.3) is 16.9 Å². The number of pyridine rings is 1. The Morgan fingerprint density at radius 3 is 2.45 bits per heavy atom. The lowest BCUT2D eigenvalue weighted by molar-refractivity contribution is 0.0635. The van der Waals surface area contributed by atoms with Crippen LogP contribution in [0.5, 0.6) is 11.5 Å². The SMILES string of the molecule is CNC(=O)c1cc(Oc2ccc(Nc3ncc4nc(C5CC5)n(-c5cccc(NC(=O)OC(C)(C)C)c5)c4n3)cc2)ccn1. The number of hydrogen-bond donors (Lipinski definition) is 3. The lowest BCUT2D eigenvalue weighted by atomic mass is 10.2. The highest BCUT2D eigenvalue weighted by Crippen LogP contribution is 2.42. The van der Waals surface area contributed by atoms with Crippen molar-refractivity contribution in [3.05, 3.63) is 84.6 Å². The molecule has 0 spiro atoms. The summed E-state index contributed by atoms with van der Waals surface area (Å²) in [6, 6.07) is 18.1. The Morgan fingerprint density at radius 2 is 1.73 bits per heavy atom. The highest BCUT2D eigenvalue weighted by atomic mass is 16.6. The van der Waals surface area contributed by atoms with Crippen molar-refractivity contribution in [3.8, 4) is 17.2 Å². The third-order valence-electron chi connectivity index (χ3n) is 6.66. The van der Waals surface area contributed by atoms with Gasteiger partial charge < -0.3 is 20.1 Å². The van der Waals surface area contributed by atoms with Gasteiger partial charge in [0.05, 0.1) is 11.9 Å². The lowest BCUT2D eigenvalue weighted by Crippen LogP contribution is -2.27. The second-order valence-corrected chi connectivity index (χ2v) is 11.4. The molecule has 1 saturated carbocycles. The van der Waals surface area contributed by atoms with Gasteiger partial charge in [0.2, 0.25) is 5.95 Å². The topological polar surface area (TPSA) is 145 Å². The summed E-state index contributed by atoms with van der Waals surface area (Å²) in [4.78, 5) is 42.5. The van der Waals surface area contributed by atoms with E-state index in [9.17, 15) is 9.59 Å². The first-order valence-electron chi connectivity index (χ1n) is 14.2. The number of carbonyl (C=O) groups is 2. The van der Waals surface area contributed by atoms with Gasteiger partial charge in [-0.1, -0.05) is 6.07 Å². The maximum absolute atomic E-state index is 12.4. The minimum absolute atomic E-state index is 0.269. The molecular formula is C32H32N8O4. The Bertz CT molecular complexity index is 1840. The van der Waals surface area contributed by atoms with Crippen molar-refractivity contribution in [1.82, 2.24) is 29.8 Å². The van der Waals surface area contributed by atoms with Gasteiger partial charge in [-0.25, -0.2) is 14.8 Å². The Labute approximate surface area is 253 Å². The van der Waals surface area contributed by atoms with E-state index in [0.29, 0.717) is 40.2 Å². The van der Waals surface area contributed by atoms with Crippen LogP contribution in [0.15, 0.2) is 73.1 Å². The quantitative estimate of drug-likeness (QED) is 0.188. The van der Waals surface area contributed by atoms with Crippen LogP contribution in [0.4, 0.5) is 22.1 Å². The van der Waals surface area contributed by atoms with E-state index in [-0.39, 0.29) is 11.6 Å². The molecule has 2 aromatic carbocycles. The summed E-state index contributed by atoms with van der Waals surface area (Å²) in [5, 5.41) is 8.62. The summed E-state index contributed by atoms with van der Waals surface area (Å²) in [6.45, 7) is 5.47. The molecule has 1 aliphatic carbocycles. The Balaban J connectivity index is 1.23. The van der Waals surface area contributed by atoms with E-state index in [0.717, 1.165) is 30.0 Å². The molecule has 44 heavy (non-hydrogen) atoms. The van der Waals surface area contributed by atoms with Crippen molar-refractivity contribution in [2.75, 3.05) is 17.7 Å². The van der Waals surface area contributed by atoms with Crippen molar-refractivity contribution < 1.29 is 19.1 Å². The predicted molar refractivity (Wildman–Crippen MR) is 166 cm³/mol. The number of nitrogens with zero attached hydrogens (tertiary/aromatic N) is 5. The Morgan fingerprint density at radius 1 is 0.932 bits per heavy atom. The molecular weight excluding hydrogens is 560 g/mol. The molecule has 2 amide bonds. The molecule has 0 saturated heterocycles. The average molecular weight is 593 g/mol. The summed E-state index contributed by atoms with van der Waals surface area (Å²) >= 11 is 0. The summed E-state index contributed by atoms with van der Waals surface area (Å²) in [5.41, 5.74) is 3.19. The molecule has 1 fully saturated rings. The number of hydrogen-bond acceptors (Lipinski definition) is 9. The summed E-state index contributed by atoms with van der Waals surface area (Å²) < 4.78 is 13.3. The monoisotopic (exact) mass is 592 g/mol. The number of nitrogens with one attached hydrogen (secondary N) is 3. The molecule has 0 aliphatic heterocycles. The van der Waals surface area contributed by atoms with Crippen molar-refractivity contribution in [2.45, 2.75) is 45.1 Å². The van der Waals surface area contributed by atoms with Gasteiger partial charge in [0.1, 0.15) is 34.1 Å². The maximum atomic E-state index is 12.4. The fourth-order valence-electron chi connectivity index (χ4n) is 4.56. The molecule has 1 aliphatic rings. The number of fused-ring (bicyclic) bond motifs is 1. The second-order valence-electron chi connectivity index (χ2n) is 11.4. The fraction of sp³-hybridized carbons (Fsp3) is 0.250. The highest BCUT2D eigenvalue weighted by molar-refractivity contribution is 5.92. The zero-order chi connectivity index (χ0) is 30.8. The number of ether oxygens (including phenoxy) is 2. The highest BCUT2D eigenvalue weighted by Gasteiger charge is 2.31. The first kappa shape index (κ1) is 28.6. The maximum Gasteiger partial charge on any atom is 0.412 e. The van der Waals surface area contributed by atoms with E-state index in [4.69, 9.17) is 19.4 Å². The third-order valence-corrected chi connectivity index (χ3v) is 6.66. The van der Waals surface area contributed by atoms with E-state index in [2.05, 4.69) is 25.9 Å². The van der Waals surface area contributed by atoms with Crippen molar-refractivity contribution >= 4 is 40.5 Å². The third kappa shape index (κ3) is 6.59. The summed E-state index contributed by atoms with van der Waals surface area (Å²) in [5.74, 6) is 2.46. The molecule has 5 aromatic rings. The molecule has 3 aromatic heterocycles. The van der Waals surface area contributed by atoms with Crippen LogP contribution < -0.4 is 20.7 Å². The van der Waals surface area contributed by atoms with Gasteiger partial charge in [-0.2, -0.15) is 4.98 Å². The van der Waals surface area contributed by atoms with Crippen LogP contribution in [-0.4, -0.2) is 49.2 Å². The molecule has 0 bridgehead atoms. The number of carbonyl (C=O) groups excluding carboxylic acids is 2. The average Bonchev–Trinajstić information content (AvgIpc) is 3.77. The molecule has 6 rings (SSSR count). The molecule has 12 nitrogen and oxygen atoms in total. The van der Waals surface area contributed by atoms with Gasteiger partial charge in [-0.3, -0.25) is 19.7 Å². The molecule has 3 heterocycles. The first-order valence-corrected chi connectivity index (χ1v) is 14.2. The number of aromatic nitrogens is 5. The molecule has 12 heteroatoms. The lowest BCUT2D eigenvalue weighted by Gasteiger charge is -2.20. The zero-order valence-electron chi connectivity index (χ0n) is 24.8. The van der Waals surface area contributed by atoms with E-state index >= 15 is 0 Å². The standard InChI is InChI=1S/C32H32N8O4/c1-32(2,3)44-31(42)37-21-6-5-7-22(16-21)40-27(19-8-9-19)38-26-18-35-30(39-28(26)40)36-20-10-12-23(13-11-20)43-24-14-15-34-25(17-24)29(41)33-4/h5-7,10-19H,8-9H2,1-4H3,(H,33,41)(H,37,42)(H,35,36,39).